The Hall–Kier alpha value is -8.06. The number of amides is 3. The normalized spacial score (nSPS) is 10.7. The Kier molecular flexibility index (Phi) is 25.4. The first-order chi connectivity index (χ1) is 35.8. The number of nitrogens with two attached hydrogens (primary N) is 1. The molecule has 0 radical (unpaired) electrons. The van der Waals surface area contributed by atoms with Crippen molar-refractivity contribution < 1.29 is 61.8 Å². The molecule has 0 spiro atoms. The molecule has 0 unspecified atom stereocenters. The number of carboxylic acids is 1. The number of nitrogens with zero attached hydrogens (tertiary/aromatic N) is 2. The Morgan fingerprint density at radius 3 is 1.13 bits per heavy atom. The maximum absolute atomic E-state index is 12.7. The number of methoxy groups -OCH3 is 4. The van der Waals surface area contributed by atoms with E-state index in [1.165, 1.54) is 0 Å². The molecule has 0 aliphatic rings. The van der Waals surface area contributed by atoms with E-state index in [4.69, 9.17) is 48.3 Å². The number of ether oxygens (including phenoxy) is 6. The van der Waals surface area contributed by atoms with Crippen LogP contribution in [0.1, 0.15) is 86.2 Å². The van der Waals surface area contributed by atoms with Crippen LogP contribution in [0.15, 0.2) is 106 Å². The molecule has 0 aliphatic carbocycles. The number of aliphatic carboxylic acids is 1. The van der Waals surface area contributed by atoms with E-state index < -0.39 is 23.3 Å². The lowest BCUT2D eigenvalue weighted by molar-refractivity contribution is -0.136. The number of hydrogen-bond acceptors (Lipinski definition) is 15. The molecule has 0 saturated carbocycles. The summed E-state index contributed by atoms with van der Waals surface area (Å²) >= 11 is 0. The molecule has 412 valence electrons. The molecular formula is C57H76N6O13. The van der Waals surface area contributed by atoms with Gasteiger partial charge in [-0.1, -0.05) is 42.0 Å². The number of hydrogen-bond donors (Lipinski definition) is 5. The second kappa shape index (κ2) is 31.0. The summed E-state index contributed by atoms with van der Waals surface area (Å²) in [4.78, 5) is 46.6. The van der Waals surface area contributed by atoms with Crippen LogP contribution >= 0.6 is 0 Å². The van der Waals surface area contributed by atoms with Crippen LogP contribution in [0.25, 0.3) is 44.8 Å². The molecule has 3 amide bonds. The average Bonchev–Trinajstić information content (AvgIpc) is 3.99. The zero-order chi connectivity index (χ0) is 55.0. The van der Waals surface area contributed by atoms with Crippen LogP contribution in [0.4, 0.5) is 9.59 Å². The first kappa shape index (κ1) is 62.2. The summed E-state index contributed by atoms with van der Waals surface area (Å²) in [7, 11) is 6.41. The highest BCUT2D eigenvalue weighted by Crippen LogP contribution is 2.38. The third-order valence-electron chi connectivity index (χ3n) is 10.5. The predicted molar refractivity (Wildman–Crippen MR) is 292 cm³/mol. The van der Waals surface area contributed by atoms with Crippen molar-refractivity contribution >= 4 is 24.1 Å². The number of carboxylic acid groups (broad SMARTS) is 1. The number of rotatable bonds is 21. The highest BCUT2D eigenvalue weighted by Gasteiger charge is 2.24. The zero-order valence-corrected chi connectivity index (χ0v) is 44.6. The van der Waals surface area contributed by atoms with Gasteiger partial charge in [0.05, 0.1) is 46.0 Å². The summed E-state index contributed by atoms with van der Waals surface area (Å²) in [5, 5.41) is 25.8. The van der Waals surface area contributed by atoms with Crippen LogP contribution in [0.2, 0.25) is 0 Å². The summed E-state index contributed by atoms with van der Waals surface area (Å²) in [6, 6.07) is 29.7. The fraction of sp³-hybridized carbons (Fsp3) is 0.404. The van der Waals surface area contributed by atoms with E-state index in [1.807, 2.05) is 139 Å². The molecule has 76 heavy (non-hydrogen) atoms. The summed E-state index contributed by atoms with van der Waals surface area (Å²) in [6.45, 7) is 13.2. The minimum absolute atomic E-state index is 0. The third-order valence-corrected chi connectivity index (χ3v) is 10.5. The van der Waals surface area contributed by atoms with Gasteiger partial charge in [0.2, 0.25) is 5.91 Å². The van der Waals surface area contributed by atoms with Gasteiger partial charge in [-0.2, -0.15) is 0 Å². The molecule has 0 saturated heterocycles. The van der Waals surface area contributed by atoms with Crippen molar-refractivity contribution in [3.8, 4) is 67.8 Å². The van der Waals surface area contributed by atoms with E-state index in [2.05, 4.69) is 26.3 Å². The fourth-order valence-electron chi connectivity index (χ4n) is 6.99. The predicted octanol–water partition coefficient (Wildman–Crippen LogP) is 10.5. The summed E-state index contributed by atoms with van der Waals surface area (Å²) < 4.78 is 42.1. The molecule has 2 heterocycles. The molecule has 6 aromatic rings. The lowest BCUT2D eigenvalue weighted by atomic mass is 9.98. The van der Waals surface area contributed by atoms with Crippen molar-refractivity contribution in [2.45, 2.75) is 98.7 Å². The summed E-state index contributed by atoms with van der Waals surface area (Å²) in [5.41, 5.74) is 10.3. The number of nitrogens with one attached hydrogen (secondary N) is 3. The Morgan fingerprint density at radius 2 is 0.816 bits per heavy atom. The first-order valence-corrected chi connectivity index (χ1v) is 24.4. The van der Waals surface area contributed by atoms with Crippen molar-refractivity contribution in [1.29, 1.82) is 0 Å². The molecule has 0 bridgehead atoms. The van der Waals surface area contributed by atoms with Crippen LogP contribution < -0.4 is 40.6 Å². The summed E-state index contributed by atoms with van der Waals surface area (Å²) in [6.07, 6.45) is 2.24. The molecule has 0 aliphatic heterocycles. The molecule has 6 N–H and O–H groups in total. The van der Waals surface area contributed by atoms with Crippen LogP contribution in [0.5, 0.6) is 23.0 Å². The lowest BCUT2D eigenvalue weighted by Crippen LogP contribution is -2.33. The molecule has 19 nitrogen and oxygen atoms in total. The Bertz CT molecular complexity index is 2690. The van der Waals surface area contributed by atoms with E-state index in [0.29, 0.717) is 73.2 Å². The molecule has 0 atom stereocenters. The van der Waals surface area contributed by atoms with Crippen LogP contribution in [0.3, 0.4) is 0 Å². The molecule has 2 aromatic heterocycles. The second-order valence-electron chi connectivity index (χ2n) is 18.7. The average molecular weight is 1050 g/mol. The van der Waals surface area contributed by atoms with E-state index in [9.17, 15) is 19.2 Å². The lowest BCUT2D eigenvalue weighted by Gasteiger charge is -2.19. The van der Waals surface area contributed by atoms with Crippen LogP contribution in [0, 0.1) is 0 Å². The minimum Gasteiger partial charge on any atom is -0.497 e. The number of carbonyl (C=O) groups is 4. The number of carbonyl (C=O) groups excluding carboxylic acids is 3. The van der Waals surface area contributed by atoms with Gasteiger partial charge in [0.25, 0.3) is 0 Å². The fourth-order valence-corrected chi connectivity index (χ4v) is 6.99. The number of unbranched alkanes of at least 4 members (excludes halogenated alkanes) is 2. The number of benzene rings is 4. The first-order valence-electron chi connectivity index (χ1n) is 24.4. The maximum atomic E-state index is 12.7. The zero-order valence-electron chi connectivity index (χ0n) is 44.6. The van der Waals surface area contributed by atoms with Crippen molar-refractivity contribution in [3.05, 3.63) is 109 Å². The molecule has 4 aromatic carbocycles. The van der Waals surface area contributed by atoms with Crippen molar-refractivity contribution in [1.82, 2.24) is 26.3 Å². The van der Waals surface area contributed by atoms with E-state index in [-0.39, 0.29) is 32.3 Å². The Morgan fingerprint density at radius 1 is 0.500 bits per heavy atom. The molecule has 6 rings (SSSR count). The van der Waals surface area contributed by atoms with E-state index in [0.717, 1.165) is 57.9 Å². The van der Waals surface area contributed by atoms with Gasteiger partial charge in [0, 0.05) is 30.8 Å². The van der Waals surface area contributed by atoms with E-state index >= 15 is 0 Å². The second-order valence-corrected chi connectivity index (χ2v) is 18.7. The monoisotopic (exact) mass is 1050 g/mol. The minimum atomic E-state index is -0.979. The van der Waals surface area contributed by atoms with Crippen molar-refractivity contribution in [2.75, 3.05) is 54.6 Å². The molecule has 0 fully saturated rings. The SMILES string of the molecule is C.CC(C)(C)OC(=O)NCCCCN.COc1ccc(-c2noc(CC(=O)NCCCCNC(=O)OC(C)(C)C)c2-c2ccc(OC)cc2)cc1.COc1ccc(-c2noc(CC(=O)O)c2-c2ccc(OC)cc2)cc1. The van der Waals surface area contributed by atoms with Crippen molar-refractivity contribution in [2.24, 2.45) is 5.73 Å². The summed E-state index contributed by atoms with van der Waals surface area (Å²) in [5.74, 6) is 2.53. The Balaban J connectivity index is 0.000000335. The van der Waals surface area contributed by atoms with Gasteiger partial charge >= 0.3 is 18.2 Å². The largest absolute Gasteiger partial charge is 0.497 e. The number of alkyl carbamates (subject to hydrolysis) is 2. The number of aromatic nitrogens is 2. The van der Waals surface area contributed by atoms with Gasteiger partial charge in [-0.25, -0.2) is 9.59 Å². The van der Waals surface area contributed by atoms with Gasteiger partial charge in [-0.05, 0) is 158 Å². The standard InChI is InChI=1S/C28H35N3O6.C19H17NO5.C9H20N2O2.CH4/c1-28(2,3)36-27(33)30-17-7-6-16-29-24(32)18-23-25(19-8-12-21(34-4)13-9-19)26(31-37-23)20-10-14-22(35-5)15-11-20;1-23-14-7-3-12(4-8-14)18-16(11-17(21)22)25-20-19(18)13-5-9-15(24-2)10-6-13;1-9(2,3)13-8(12)11-7-5-4-6-10;/h8-15H,6-7,16-18H2,1-5H3,(H,29,32)(H,30,33);3-10H,11H2,1-2H3,(H,21,22);4-7,10H2,1-3H3,(H,11,12);1H4. The topological polar surface area (TPSA) is 258 Å². The van der Waals surface area contributed by atoms with Gasteiger partial charge in [0.1, 0.15) is 52.0 Å². The highest BCUT2D eigenvalue weighted by molar-refractivity contribution is 5.87. The van der Waals surface area contributed by atoms with Gasteiger partial charge in [-0.3, -0.25) is 9.59 Å². The molecule has 19 heteroatoms. The maximum Gasteiger partial charge on any atom is 0.407 e. The third kappa shape index (κ3) is 21.0. The van der Waals surface area contributed by atoms with Crippen molar-refractivity contribution in [3.63, 3.8) is 0 Å². The molecular weight excluding hydrogens is 977 g/mol. The Labute approximate surface area is 446 Å². The van der Waals surface area contributed by atoms with Gasteiger partial charge < -0.3 is 64.3 Å². The van der Waals surface area contributed by atoms with Gasteiger partial charge in [-0.15, -0.1) is 0 Å². The van der Waals surface area contributed by atoms with Crippen LogP contribution in [-0.4, -0.2) is 105 Å². The van der Waals surface area contributed by atoms with Gasteiger partial charge in [0.15, 0.2) is 11.5 Å². The smallest absolute Gasteiger partial charge is 0.407 e. The quantitative estimate of drug-likeness (QED) is 0.0420. The van der Waals surface area contributed by atoms with Crippen LogP contribution in [-0.2, 0) is 31.9 Å². The highest BCUT2D eigenvalue weighted by atomic mass is 16.6. The van der Waals surface area contributed by atoms with E-state index in [1.54, 1.807) is 28.4 Å².